The van der Waals surface area contributed by atoms with E-state index in [1.54, 1.807) is 6.07 Å². The Morgan fingerprint density at radius 1 is 1.15 bits per heavy atom. The minimum Gasteiger partial charge on any atom is -0.493 e. The molecule has 26 heavy (non-hydrogen) atoms. The zero-order valence-electron chi connectivity index (χ0n) is 15.0. The highest BCUT2D eigenvalue weighted by Crippen LogP contribution is 2.36. The van der Waals surface area contributed by atoms with E-state index in [9.17, 15) is 9.18 Å². The zero-order valence-corrected chi connectivity index (χ0v) is 15.0. The topological polar surface area (TPSA) is 82.8 Å². The van der Waals surface area contributed by atoms with Gasteiger partial charge in [0.15, 0.2) is 17.2 Å². The van der Waals surface area contributed by atoms with Crippen LogP contribution in [-0.4, -0.2) is 32.8 Å². The van der Waals surface area contributed by atoms with E-state index in [1.165, 1.54) is 32.4 Å². The van der Waals surface area contributed by atoms with Crippen LogP contribution in [-0.2, 0) is 9.53 Å². The standard InChI is InChI=1S/C19H23FN2O4/c1-12-4-6-17(18(8-12)25-3)26-16-7-5-13(20)9-15(16)22-19(23)10-14(11-21)24-2/h4-9,14H,10-11,21H2,1-3H3,(H,22,23). The van der Waals surface area contributed by atoms with E-state index in [4.69, 9.17) is 19.9 Å². The van der Waals surface area contributed by atoms with Crippen LogP contribution < -0.4 is 20.5 Å². The number of ether oxygens (including phenoxy) is 3. The van der Waals surface area contributed by atoms with Gasteiger partial charge >= 0.3 is 0 Å². The van der Waals surface area contributed by atoms with Crippen LogP contribution >= 0.6 is 0 Å². The fraction of sp³-hybridized carbons (Fsp3) is 0.316. The summed E-state index contributed by atoms with van der Waals surface area (Å²) in [5, 5.41) is 2.64. The van der Waals surface area contributed by atoms with Crippen molar-refractivity contribution in [3.8, 4) is 17.2 Å². The molecule has 2 aromatic rings. The van der Waals surface area contributed by atoms with Crippen LogP contribution in [0.1, 0.15) is 12.0 Å². The molecule has 0 spiro atoms. The number of methoxy groups -OCH3 is 2. The van der Waals surface area contributed by atoms with Crippen molar-refractivity contribution in [3.63, 3.8) is 0 Å². The number of hydrogen-bond donors (Lipinski definition) is 2. The van der Waals surface area contributed by atoms with E-state index in [0.717, 1.165) is 5.56 Å². The zero-order chi connectivity index (χ0) is 19.1. The highest BCUT2D eigenvalue weighted by Gasteiger charge is 2.16. The first-order chi connectivity index (χ1) is 12.5. The molecule has 0 aliphatic heterocycles. The molecule has 0 saturated carbocycles. The lowest BCUT2D eigenvalue weighted by Crippen LogP contribution is -2.28. The fourth-order valence-corrected chi connectivity index (χ4v) is 2.34. The van der Waals surface area contributed by atoms with Crippen LogP contribution in [0.4, 0.5) is 10.1 Å². The molecule has 0 saturated heterocycles. The highest BCUT2D eigenvalue weighted by molar-refractivity contribution is 5.92. The number of nitrogens with one attached hydrogen (secondary N) is 1. The summed E-state index contributed by atoms with van der Waals surface area (Å²) in [5.41, 5.74) is 6.74. The predicted molar refractivity (Wildman–Crippen MR) is 97.3 cm³/mol. The smallest absolute Gasteiger partial charge is 0.227 e. The Kier molecular flexibility index (Phi) is 6.94. The summed E-state index contributed by atoms with van der Waals surface area (Å²) in [6.07, 6.45) is -0.360. The monoisotopic (exact) mass is 362 g/mol. The van der Waals surface area contributed by atoms with E-state index >= 15 is 0 Å². The average molecular weight is 362 g/mol. The van der Waals surface area contributed by atoms with Crippen molar-refractivity contribution in [3.05, 3.63) is 47.8 Å². The van der Waals surface area contributed by atoms with E-state index < -0.39 is 11.9 Å². The third kappa shape index (κ3) is 5.18. The molecule has 0 aliphatic rings. The largest absolute Gasteiger partial charge is 0.493 e. The van der Waals surface area contributed by atoms with Crippen molar-refractivity contribution in [2.45, 2.75) is 19.4 Å². The van der Waals surface area contributed by atoms with E-state index in [-0.39, 0.29) is 24.6 Å². The van der Waals surface area contributed by atoms with Gasteiger partial charge in [0, 0.05) is 19.7 Å². The Labute approximate surface area is 152 Å². The molecule has 1 unspecified atom stereocenters. The predicted octanol–water partition coefficient (Wildman–Crippen LogP) is 3.24. The van der Waals surface area contributed by atoms with Gasteiger partial charge in [0.2, 0.25) is 5.91 Å². The molecule has 2 aromatic carbocycles. The van der Waals surface area contributed by atoms with Gasteiger partial charge in [-0.2, -0.15) is 0 Å². The van der Waals surface area contributed by atoms with Gasteiger partial charge in [0.25, 0.3) is 0 Å². The summed E-state index contributed by atoms with van der Waals surface area (Å²) in [4.78, 5) is 12.2. The van der Waals surface area contributed by atoms with Gasteiger partial charge in [-0.3, -0.25) is 4.79 Å². The lowest BCUT2D eigenvalue weighted by Gasteiger charge is -2.16. The van der Waals surface area contributed by atoms with Gasteiger partial charge in [0.05, 0.1) is 25.3 Å². The van der Waals surface area contributed by atoms with Crippen molar-refractivity contribution in [1.82, 2.24) is 0 Å². The maximum atomic E-state index is 13.7. The van der Waals surface area contributed by atoms with Crippen LogP contribution in [0.2, 0.25) is 0 Å². The molecule has 6 nitrogen and oxygen atoms in total. The normalized spacial score (nSPS) is 11.7. The maximum absolute atomic E-state index is 13.7. The number of carbonyl (C=O) groups excluding carboxylic acids is 1. The molecule has 0 heterocycles. The number of rotatable bonds is 8. The average Bonchev–Trinajstić information content (AvgIpc) is 2.63. The summed E-state index contributed by atoms with van der Waals surface area (Å²) in [7, 11) is 3.01. The molecule has 0 aliphatic carbocycles. The third-order valence-electron chi connectivity index (χ3n) is 3.76. The second kappa shape index (κ2) is 9.17. The number of amides is 1. The number of halogens is 1. The Morgan fingerprint density at radius 3 is 2.54 bits per heavy atom. The highest BCUT2D eigenvalue weighted by atomic mass is 19.1. The Morgan fingerprint density at radius 2 is 1.88 bits per heavy atom. The molecule has 1 atom stereocenters. The molecular weight excluding hydrogens is 339 g/mol. The van der Waals surface area contributed by atoms with Crippen molar-refractivity contribution >= 4 is 11.6 Å². The molecule has 0 aromatic heterocycles. The van der Waals surface area contributed by atoms with Gasteiger partial charge in [0.1, 0.15) is 5.82 Å². The first-order valence-corrected chi connectivity index (χ1v) is 8.11. The van der Waals surface area contributed by atoms with Crippen LogP contribution in [0, 0.1) is 12.7 Å². The van der Waals surface area contributed by atoms with Gasteiger partial charge in [-0.25, -0.2) is 4.39 Å². The van der Waals surface area contributed by atoms with Crippen molar-refractivity contribution in [2.75, 3.05) is 26.1 Å². The molecule has 7 heteroatoms. The third-order valence-corrected chi connectivity index (χ3v) is 3.76. The molecule has 1 amide bonds. The summed E-state index contributed by atoms with van der Waals surface area (Å²) in [6, 6.07) is 9.33. The quantitative estimate of drug-likeness (QED) is 0.753. The number of hydrogen-bond acceptors (Lipinski definition) is 5. The van der Waals surface area contributed by atoms with Crippen molar-refractivity contribution in [1.29, 1.82) is 0 Å². The molecular formula is C19H23FN2O4. The molecule has 0 bridgehead atoms. The number of nitrogens with two attached hydrogens (primary N) is 1. The van der Waals surface area contributed by atoms with Crippen LogP contribution in [0.3, 0.4) is 0 Å². The first kappa shape index (κ1) is 19.7. The summed E-state index contributed by atoms with van der Waals surface area (Å²) in [5.74, 6) is 0.439. The van der Waals surface area contributed by atoms with Gasteiger partial charge < -0.3 is 25.3 Å². The van der Waals surface area contributed by atoms with Gasteiger partial charge in [-0.15, -0.1) is 0 Å². The van der Waals surface area contributed by atoms with Gasteiger partial charge in [-0.1, -0.05) is 6.07 Å². The lowest BCUT2D eigenvalue weighted by atomic mass is 10.2. The minimum absolute atomic E-state index is 0.0524. The summed E-state index contributed by atoms with van der Waals surface area (Å²) >= 11 is 0. The number of carbonyl (C=O) groups is 1. The number of anilines is 1. The Balaban J connectivity index is 2.23. The molecule has 3 N–H and O–H groups in total. The minimum atomic E-state index is -0.495. The SMILES string of the molecule is COc1cc(C)ccc1Oc1ccc(F)cc1NC(=O)CC(CN)OC. The summed E-state index contributed by atoms with van der Waals surface area (Å²) < 4.78 is 29.9. The maximum Gasteiger partial charge on any atom is 0.227 e. The van der Waals surface area contributed by atoms with E-state index in [2.05, 4.69) is 5.32 Å². The van der Waals surface area contributed by atoms with Gasteiger partial charge in [-0.05, 0) is 36.8 Å². The molecule has 2 rings (SSSR count). The Bertz CT molecular complexity index is 763. The molecule has 0 fully saturated rings. The first-order valence-electron chi connectivity index (χ1n) is 8.11. The summed E-state index contributed by atoms with van der Waals surface area (Å²) in [6.45, 7) is 2.14. The second-order valence-corrected chi connectivity index (χ2v) is 5.74. The molecule has 140 valence electrons. The van der Waals surface area contributed by atoms with Crippen LogP contribution in [0.25, 0.3) is 0 Å². The van der Waals surface area contributed by atoms with E-state index in [1.807, 2.05) is 19.1 Å². The second-order valence-electron chi connectivity index (χ2n) is 5.74. The van der Waals surface area contributed by atoms with Crippen LogP contribution in [0.15, 0.2) is 36.4 Å². The van der Waals surface area contributed by atoms with Crippen LogP contribution in [0.5, 0.6) is 17.2 Å². The molecule has 0 radical (unpaired) electrons. The fourth-order valence-electron chi connectivity index (χ4n) is 2.34. The van der Waals surface area contributed by atoms with Crippen molar-refractivity contribution in [2.24, 2.45) is 5.73 Å². The van der Waals surface area contributed by atoms with Crippen molar-refractivity contribution < 1.29 is 23.4 Å². The lowest BCUT2D eigenvalue weighted by molar-refractivity contribution is -0.118. The Hall–Kier alpha value is -2.64. The number of aryl methyl sites for hydroxylation is 1. The number of benzene rings is 2. The van der Waals surface area contributed by atoms with E-state index in [0.29, 0.717) is 17.2 Å².